The van der Waals surface area contributed by atoms with Crippen LogP contribution in [0.2, 0.25) is 0 Å². The molecule has 0 N–H and O–H groups in total. The summed E-state index contributed by atoms with van der Waals surface area (Å²) in [6.07, 6.45) is 1.49. The van der Waals surface area contributed by atoms with Crippen molar-refractivity contribution in [3.8, 4) is 6.07 Å². The van der Waals surface area contributed by atoms with E-state index in [2.05, 4.69) is 0 Å². The second-order valence-electron chi connectivity index (χ2n) is 3.40. The third kappa shape index (κ3) is 3.33. The van der Waals surface area contributed by atoms with Gasteiger partial charge in [-0.25, -0.2) is 4.39 Å². The summed E-state index contributed by atoms with van der Waals surface area (Å²) in [7, 11) is 0. The fraction of sp³-hybridized carbons (Fsp3) is 0. The van der Waals surface area contributed by atoms with Crippen LogP contribution in [0.5, 0.6) is 0 Å². The van der Waals surface area contributed by atoms with Gasteiger partial charge in [-0.05, 0) is 42.0 Å². The lowest BCUT2D eigenvalue weighted by Crippen LogP contribution is -1.80. The van der Waals surface area contributed by atoms with Crippen molar-refractivity contribution in [3.63, 3.8) is 0 Å². The predicted octanol–water partition coefficient (Wildman–Crippen LogP) is 4.05. The monoisotopic (exact) mass is 242 g/mol. The normalized spacial score (nSPS) is 9.88. The third-order valence-corrected chi connectivity index (χ3v) is 3.14. The van der Waals surface area contributed by atoms with Crippen LogP contribution < -0.4 is 0 Å². The molecule has 1 radical (unpaired) electrons. The van der Waals surface area contributed by atoms with Crippen LogP contribution in [0.1, 0.15) is 5.56 Å². The fourth-order valence-corrected chi connectivity index (χ4v) is 2.27. The average molecular weight is 242 g/mol. The number of nitrogens with zero attached hydrogens (tertiary/aromatic N) is 1. The van der Waals surface area contributed by atoms with E-state index in [-0.39, 0.29) is 5.82 Å². The summed E-state index contributed by atoms with van der Waals surface area (Å²) in [5, 5.41) is 8.58. The molecule has 17 heavy (non-hydrogen) atoms. The highest BCUT2D eigenvalue weighted by molar-refractivity contribution is 7.99. The Hall–Kier alpha value is -1.79. The summed E-state index contributed by atoms with van der Waals surface area (Å²) in [4.78, 5) is 2.00. The van der Waals surface area contributed by atoms with Gasteiger partial charge in [0, 0.05) is 9.79 Å². The lowest BCUT2D eigenvalue weighted by molar-refractivity contribution is 0.626. The van der Waals surface area contributed by atoms with Gasteiger partial charge in [0.15, 0.2) is 0 Å². The van der Waals surface area contributed by atoms with Gasteiger partial charge < -0.3 is 0 Å². The number of nitriles is 1. The Morgan fingerprint density at radius 1 is 1.06 bits per heavy atom. The quantitative estimate of drug-likeness (QED) is 0.810. The van der Waals surface area contributed by atoms with E-state index >= 15 is 0 Å². The van der Waals surface area contributed by atoms with Crippen molar-refractivity contribution in [2.75, 3.05) is 0 Å². The van der Waals surface area contributed by atoms with E-state index in [1.807, 2.05) is 30.3 Å². The molecule has 0 aromatic heterocycles. The van der Waals surface area contributed by atoms with Crippen LogP contribution in [-0.4, -0.2) is 0 Å². The van der Waals surface area contributed by atoms with Gasteiger partial charge in [-0.15, -0.1) is 0 Å². The third-order valence-electron chi connectivity index (χ3n) is 2.14. The van der Waals surface area contributed by atoms with Crippen molar-refractivity contribution in [2.45, 2.75) is 9.79 Å². The van der Waals surface area contributed by atoms with Gasteiger partial charge in [-0.2, -0.15) is 5.26 Å². The topological polar surface area (TPSA) is 23.8 Å². The standard InChI is InChI=1S/C14H9FNS/c15-12-4-6-13(7-5-12)17-14-3-1-2-11(10-14)8-9-16/h1-8,10H. The van der Waals surface area contributed by atoms with Crippen LogP contribution in [0, 0.1) is 23.6 Å². The number of halogens is 1. The van der Waals surface area contributed by atoms with E-state index in [0.29, 0.717) is 0 Å². The maximum absolute atomic E-state index is 12.7. The molecule has 2 aromatic rings. The van der Waals surface area contributed by atoms with Crippen molar-refractivity contribution in [1.82, 2.24) is 0 Å². The molecule has 0 heterocycles. The Kier molecular flexibility index (Phi) is 3.79. The maximum atomic E-state index is 12.7. The first kappa shape index (κ1) is 11.7. The second-order valence-corrected chi connectivity index (χ2v) is 4.55. The van der Waals surface area contributed by atoms with Gasteiger partial charge in [-0.3, -0.25) is 0 Å². The molecule has 2 rings (SSSR count). The van der Waals surface area contributed by atoms with Crippen LogP contribution in [0.4, 0.5) is 4.39 Å². The molecule has 0 unspecified atom stereocenters. The van der Waals surface area contributed by atoms with Crippen molar-refractivity contribution in [2.24, 2.45) is 0 Å². The molecule has 0 aliphatic carbocycles. The molecular formula is C14H9FNS. The van der Waals surface area contributed by atoms with Crippen LogP contribution in [0.15, 0.2) is 58.3 Å². The van der Waals surface area contributed by atoms with Crippen LogP contribution >= 0.6 is 11.8 Å². The smallest absolute Gasteiger partial charge is 0.123 e. The van der Waals surface area contributed by atoms with Gasteiger partial charge >= 0.3 is 0 Å². The van der Waals surface area contributed by atoms with E-state index in [0.717, 1.165) is 15.4 Å². The predicted molar refractivity (Wildman–Crippen MR) is 66.0 cm³/mol. The molecule has 3 heteroatoms. The first-order valence-corrected chi connectivity index (χ1v) is 5.86. The Labute approximate surface area is 104 Å². The molecule has 0 saturated carbocycles. The second kappa shape index (κ2) is 5.51. The lowest BCUT2D eigenvalue weighted by atomic mass is 10.2. The summed E-state index contributed by atoms with van der Waals surface area (Å²) in [6, 6.07) is 16.0. The van der Waals surface area contributed by atoms with Gasteiger partial charge in [0.2, 0.25) is 0 Å². The molecule has 2 aromatic carbocycles. The molecular weight excluding hydrogens is 233 g/mol. The molecule has 83 valence electrons. The molecule has 0 spiro atoms. The van der Waals surface area contributed by atoms with E-state index in [9.17, 15) is 4.39 Å². The van der Waals surface area contributed by atoms with Crippen molar-refractivity contribution in [1.29, 1.82) is 5.26 Å². The molecule has 1 nitrogen and oxygen atoms in total. The van der Waals surface area contributed by atoms with Crippen molar-refractivity contribution >= 4 is 11.8 Å². The Morgan fingerprint density at radius 3 is 2.53 bits per heavy atom. The number of rotatable bonds is 3. The zero-order chi connectivity index (χ0) is 12.1. The minimum atomic E-state index is -0.235. The van der Waals surface area contributed by atoms with Gasteiger partial charge in [0.25, 0.3) is 0 Å². The highest BCUT2D eigenvalue weighted by Crippen LogP contribution is 2.28. The molecule has 0 saturated heterocycles. The highest BCUT2D eigenvalue weighted by atomic mass is 32.2. The molecule has 0 atom stereocenters. The van der Waals surface area contributed by atoms with Gasteiger partial charge in [-0.1, -0.05) is 23.9 Å². The SMILES string of the molecule is N#C[CH]c1cccc(Sc2ccc(F)cc2)c1. The first-order chi connectivity index (χ1) is 8.28. The molecule has 0 fully saturated rings. The van der Waals surface area contributed by atoms with Gasteiger partial charge in [0.05, 0.1) is 12.5 Å². The molecule has 0 amide bonds. The van der Waals surface area contributed by atoms with E-state index < -0.39 is 0 Å². The Morgan fingerprint density at radius 2 is 1.82 bits per heavy atom. The summed E-state index contributed by atoms with van der Waals surface area (Å²) < 4.78 is 12.7. The zero-order valence-electron chi connectivity index (χ0n) is 8.93. The van der Waals surface area contributed by atoms with E-state index in [1.165, 1.54) is 18.6 Å². The Bertz CT molecular complexity index is 543. The number of hydrogen-bond acceptors (Lipinski definition) is 2. The van der Waals surface area contributed by atoms with Gasteiger partial charge in [0.1, 0.15) is 5.82 Å². The number of benzene rings is 2. The molecule has 0 bridgehead atoms. The fourth-order valence-electron chi connectivity index (χ4n) is 1.38. The number of hydrogen-bond donors (Lipinski definition) is 0. The Balaban J connectivity index is 2.16. The molecule has 0 aliphatic heterocycles. The highest BCUT2D eigenvalue weighted by Gasteiger charge is 1.99. The minimum Gasteiger partial charge on any atom is -0.207 e. The summed E-state index contributed by atoms with van der Waals surface area (Å²) in [6.45, 7) is 0. The molecule has 0 aliphatic rings. The largest absolute Gasteiger partial charge is 0.207 e. The maximum Gasteiger partial charge on any atom is 0.123 e. The van der Waals surface area contributed by atoms with Crippen molar-refractivity contribution < 1.29 is 4.39 Å². The van der Waals surface area contributed by atoms with Crippen LogP contribution in [-0.2, 0) is 0 Å². The minimum absolute atomic E-state index is 0.235. The van der Waals surface area contributed by atoms with Crippen molar-refractivity contribution in [3.05, 3.63) is 66.3 Å². The van der Waals surface area contributed by atoms with Crippen LogP contribution in [0.3, 0.4) is 0 Å². The summed E-state index contributed by atoms with van der Waals surface area (Å²) in [5.41, 5.74) is 0.875. The van der Waals surface area contributed by atoms with Crippen LogP contribution in [0.25, 0.3) is 0 Å². The summed E-state index contributed by atoms with van der Waals surface area (Å²) >= 11 is 1.54. The first-order valence-electron chi connectivity index (χ1n) is 5.04. The zero-order valence-corrected chi connectivity index (χ0v) is 9.75. The average Bonchev–Trinajstić information content (AvgIpc) is 2.33. The van der Waals surface area contributed by atoms with E-state index in [4.69, 9.17) is 5.26 Å². The summed E-state index contributed by atoms with van der Waals surface area (Å²) in [5.74, 6) is -0.235. The van der Waals surface area contributed by atoms with E-state index in [1.54, 1.807) is 23.9 Å². The lowest BCUT2D eigenvalue weighted by Gasteiger charge is -2.02.